The van der Waals surface area contributed by atoms with Crippen LogP contribution in [0.3, 0.4) is 0 Å². The quantitative estimate of drug-likeness (QED) is 0.432. The van der Waals surface area contributed by atoms with Crippen molar-refractivity contribution < 1.29 is 15.0 Å². The molecule has 0 aliphatic rings. The normalized spacial score (nSPS) is 12.9. The van der Waals surface area contributed by atoms with Gasteiger partial charge in [0.1, 0.15) is 11.6 Å². The Kier molecular flexibility index (Phi) is 7.44. The molecular formula is C28H28N2O3. The van der Waals surface area contributed by atoms with Crippen LogP contribution in [0.5, 0.6) is 0 Å². The molecular weight excluding hydrogens is 412 g/mol. The molecule has 0 aromatic heterocycles. The Bertz CT molecular complexity index is 1230. The van der Waals surface area contributed by atoms with Crippen LogP contribution in [0.4, 0.5) is 0 Å². The number of carboxylic acid groups (broad SMARTS) is 1. The van der Waals surface area contributed by atoms with E-state index in [0.29, 0.717) is 12.1 Å². The third-order valence-corrected chi connectivity index (χ3v) is 5.92. The molecule has 5 nitrogen and oxygen atoms in total. The van der Waals surface area contributed by atoms with Crippen LogP contribution < -0.4 is 5.32 Å². The number of carbonyl (C=O) groups is 1. The largest absolute Gasteiger partial charge is 0.480 e. The lowest BCUT2D eigenvalue weighted by Crippen LogP contribution is -2.52. The highest BCUT2D eigenvalue weighted by Crippen LogP contribution is 2.27. The van der Waals surface area contributed by atoms with Gasteiger partial charge in [-0.05, 0) is 54.2 Å². The van der Waals surface area contributed by atoms with E-state index in [0.717, 1.165) is 38.9 Å². The molecule has 3 aromatic rings. The van der Waals surface area contributed by atoms with Crippen LogP contribution in [0.1, 0.15) is 40.3 Å². The third-order valence-electron chi connectivity index (χ3n) is 5.92. The average molecular weight is 441 g/mol. The minimum absolute atomic E-state index is 0.331. The number of nitrogens with one attached hydrogen (secondary N) is 1. The van der Waals surface area contributed by atoms with E-state index < -0.39 is 18.1 Å². The van der Waals surface area contributed by atoms with Gasteiger partial charge >= 0.3 is 5.97 Å². The van der Waals surface area contributed by atoms with Crippen LogP contribution in [0, 0.1) is 25.2 Å². The molecule has 0 spiro atoms. The summed E-state index contributed by atoms with van der Waals surface area (Å²) in [5.74, 6) is -1.09. The lowest BCUT2D eigenvalue weighted by atomic mass is 9.94. The van der Waals surface area contributed by atoms with E-state index in [9.17, 15) is 20.3 Å². The molecule has 3 N–H and O–H groups in total. The number of carboxylic acids is 1. The number of hydrogen-bond acceptors (Lipinski definition) is 4. The van der Waals surface area contributed by atoms with Gasteiger partial charge in [-0.3, -0.25) is 10.1 Å². The van der Waals surface area contributed by atoms with Crippen molar-refractivity contribution in [1.82, 2.24) is 5.32 Å². The summed E-state index contributed by atoms with van der Waals surface area (Å²) in [5, 5.41) is 31.5. The van der Waals surface area contributed by atoms with Crippen molar-refractivity contribution in [3.63, 3.8) is 0 Å². The number of aliphatic hydroxyl groups is 1. The number of benzene rings is 3. The van der Waals surface area contributed by atoms with Crippen molar-refractivity contribution in [3.05, 3.63) is 94.0 Å². The summed E-state index contributed by atoms with van der Waals surface area (Å²) < 4.78 is 0. The molecule has 0 saturated heterocycles. The van der Waals surface area contributed by atoms with E-state index >= 15 is 0 Å². The first-order valence-corrected chi connectivity index (χ1v) is 10.7. The minimum atomic E-state index is -1.39. The lowest BCUT2D eigenvalue weighted by Gasteiger charge is -2.24. The van der Waals surface area contributed by atoms with Gasteiger partial charge in [0.05, 0.1) is 12.2 Å². The molecule has 3 rings (SSSR count). The topological polar surface area (TPSA) is 93.3 Å². The first-order valence-electron chi connectivity index (χ1n) is 10.7. The molecule has 0 radical (unpaired) electrons. The molecule has 1 unspecified atom stereocenters. The fourth-order valence-corrected chi connectivity index (χ4v) is 3.63. The predicted octanol–water partition coefficient (Wildman–Crippen LogP) is 4.94. The molecule has 0 heterocycles. The zero-order valence-corrected chi connectivity index (χ0v) is 19.1. The molecule has 5 heteroatoms. The molecule has 33 heavy (non-hydrogen) atoms. The molecule has 0 fully saturated rings. The fourth-order valence-electron chi connectivity index (χ4n) is 3.63. The molecule has 0 aliphatic heterocycles. The lowest BCUT2D eigenvalue weighted by molar-refractivity contribution is -0.145. The molecule has 3 aromatic carbocycles. The van der Waals surface area contributed by atoms with Crippen molar-refractivity contribution in [2.24, 2.45) is 0 Å². The molecule has 0 saturated carbocycles. The molecule has 1 atom stereocenters. The maximum absolute atomic E-state index is 11.4. The van der Waals surface area contributed by atoms with E-state index in [1.807, 2.05) is 86.7 Å². The monoisotopic (exact) mass is 440 g/mol. The van der Waals surface area contributed by atoms with E-state index in [2.05, 4.69) is 11.4 Å². The number of hydrogen-bond donors (Lipinski definition) is 3. The highest BCUT2D eigenvalue weighted by Gasteiger charge is 2.31. The van der Waals surface area contributed by atoms with Gasteiger partial charge in [-0.1, -0.05) is 72.8 Å². The number of nitriles is 1. The van der Waals surface area contributed by atoms with Gasteiger partial charge in [0.2, 0.25) is 0 Å². The molecule has 0 amide bonds. The van der Waals surface area contributed by atoms with Crippen LogP contribution in [-0.2, 0) is 11.3 Å². The summed E-state index contributed by atoms with van der Waals surface area (Å²) in [6, 6.07) is 22.1. The SMILES string of the molecule is Cc1cc(CNC(C)(CO)C(=O)O)c(C)cc1C=Cc1cccc(-c2ccccc2)c1C#N. The molecule has 168 valence electrons. The second-order valence-corrected chi connectivity index (χ2v) is 8.37. The summed E-state index contributed by atoms with van der Waals surface area (Å²) in [7, 11) is 0. The number of aliphatic hydroxyl groups excluding tert-OH is 1. The van der Waals surface area contributed by atoms with Gasteiger partial charge in [-0.2, -0.15) is 5.26 Å². The van der Waals surface area contributed by atoms with Crippen LogP contribution in [0.2, 0.25) is 0 Å². The van der Waals surface area contributed by atoms with E-state index in [-0.39, 0.29) is 0 Å². The van der Waals surface area contributed by atoms with Crippen LogP contribution >= 0.6 is 0 Å². The Morgan fingerprint density at radius 1 is 1.03 bits per heavy atom. The van der Waals surface area contributed by atoms with Crippen molar-refractivity contribution >= 4 is 18.1 Å². The number of aryl methyl sites for hydroxylation is 2. The Balaban J connectivity index is 1.88. The van der Waals surface area contributed by atoms with Crippen LogP contribution in [0.15, 0.2) is 60.7 Å². The number of nitrogens with zero attached hydrogens (tertiary/aromatic N) is 1. The van der Waals surface area contributed by atoms with Crippen molar-refractivity contribution in [2.75, 3.05) is 6.61 Å². The second-order valence-electron chi connectivity index (χ2n) is 8.37. The third kappa shape index (κ3) is 5.38. The van der Waals surface area contributed by atoms with Crippen molar-refractivity contribution in [1.29, 1.82) is 5.26 Å². The Morgan fingerprint density at radius 3 is 2.36 bits per heavy atom. The Hall–Kier alpha value is -3.72. The minimum Gasteiger partial charge on any atom is -0.480 e. The van der Waals surface area contributed by atoms with Crippen molar-refractivity contribution in [2.45, 2.75) is 32.9 Å². The highest BCUT2D eigenvalue weighted by atomic mass is 16.4. The second kappa shape index (κ2) is 10.3. The Labute approximate surface area is 194 Å². The summed E-state index contributed by atoms with van der Waals surface area (Å²) in [6.45, 7) is 5.27. The summed E-state index contributed by atoms with van der Waals surface area (Å²) >= 11 is 0. The first-order chi connectivity index (χ1) is 15.8. The van der Waals surface area contributed by atoms with E-state index in [1.165, 1.54) is 6.92 Å². The Morgan fingerprint density at radius 2 is 1.73 bits per heavy atom. The van der Waals surface area contributed by atoms with Gasteiger partial charge < -0.3 is 10.2 Å². The molecule has 0 bridgehead atoms. The maximum atomic E-state index is 11.4. The standard InChI is InChI=1S/C28H28N2O3/c1-19-15-24(17-30-28(3,18-31)27(32)33)20(2)14-23(19)13-12-22-10-7-11-25(26(22)16-29)21-8-5-4-6-9-21/h4-15,30-31H,17-18H2,1-3H3,(H,32,33). The average Bonchev–Trinajstić information content (AvgIpc) is 2.83. The summed E-state index contributed by atoms with van der Waals surface area (Å²) in [5.41, 5.74) is 6.03. The summed E-state index contributed by atoms with van der Waals surface area (Å²) in [4.78, 5) is 11.4. The van der Waals surface area contributed by atoms with Gasteiger partial charge in [-0.25, -0.2) is 0 Å². The zero-order chi connectivity index (χ0) is 24.0. The smallest absolute Gasteiger partial charge is 0.326 e. The van der Waals surface area contributed by atoms with Gasteiger partial charge in [0, 0.05) is 12.1 Å². The maximum Gasteiger partial charge on any atom is 0.326 e. The van der Waals surface area contributed by atoms with E-state index in [1.54, 1.807) is 0 Å². The predicted molar refractivity (Wildman–Crippen MR) is 131 cm³/mol. The van der Waals surface area contributed by atoms with Gasteiger partial charge in [-0.15, -0.1) is 0 Å². The van der Waals surface area contributed by atoms with Crippen molar-refractivity contribution in [3.8, 4) is 17.2 Å². The van der Waals surface area contributed by atoms with Gasteiger partial charge in [0.15, 0.2) is 0 Å². The number of aliphatic carboxylic acids is 1. The number of rotatable bonds is 8. The summed E-state index contributed by atoms with van der Waals surface area (Å²) in [6.07, 6.45) is 3.96. The zero-order valence-electron chi connectivity index (χ0n) is 19.1. The van der Waals surface area contributed by atoms with Crippen LogP contribution in [-0.4, -0.2) is 28.3 Å². The van der Waals surface area contributed by atoms with Crippen LogP contribution in [0.25, 0.3) is 23.3 Å². The van der Waals surface area contributed by atoms with Gasteiger partial charge in [0.25, 0.3) is 0 Å². The molecule has 0 aliphatic carbocycles. The fraction of sp³-hybridized carbons (Fsp3) is 0.214. The first kappa shape index (κ1) is 23.9. The highest BCUT2D eigenvalue weighted by molar-refractivity contribution is 5.81. The van der Waals surface area contributed by atoms with E-state index in [4.69, 9.17) is 0 Å².